The van der Waals surface area contributed by atoms with Crippen molar-refractivity contribution in [2.45, 2.75) is 18.7 Å². The van der Waals surface area contributed by atoms with Gasteiger partial charge in [-0.2, -0.15) is 13.2 Å². The summed E-state index contributed by atoms with van der Waals surface area (Å²) in [5.41, 5.74) is -0.555. The molecule has 0 fully saturated rings. The number of hydrogen-bond donors (Lipinski definition) is 3. The zero-order chi connectivity index (χ0) is 22.3. The fraction of sp³-hybridized carbons (Fsp3) is 0.353. The fourth-order valence-corrected chi connectivity index (χ4v) is 2.17. The van der Waals surface area contributed by atoms with Crippen LogP contribution < -0.4 is 15.4 Å². The largest absolute Gasteiger partial charge is 0.484 e. The number of amides is 2. The highest BCUT2D eigenvalue weighted by Gasteiger charge is 2.37. The van der Waals surface area contributed by atoms with Crippen LogP contribution in [0, 0.1) is 5.82 Å². The number of alkyl halides is 3. The Kier molecular flexibility index (Phi) is 8.00. The van der Waals surface area contributed by atoms with Crippen molar-refractivity contribution in [1.29, 1.82) is 0 Å². The molecule has 2 amide bonds. The number of halogens is 5. The first-order valence-corrected chi connectivity index (χ1v) is 8.77. The topological polar surface area (TPSA) is 114 Å². The summed E-state index contributed by atoms with van der Waals surface area (Å²) < 4.78 is 59.6. The predicted octanol–water partition coefficient (Wildman–Crippen LogP) is 2.16. The minimum atomic E-state index is -4.81. The monoisotopic (exact) mass is 453 g/mol. The lowest BCUT2D eigenvalue weighted by Gasteiger charge is -2.12. The molecule has 0 aliphatic heterocycles. The maximum absolute atomic E-state index is 13.3. The van der Waals surface area contributed by atoms with Gasteiger partial charge in [0, 0.05) is 19.2 Å². The van der Waals surface area contributed by atoms with Gasteiger partial charge < -0.3 is 24.9 Å². The van der Waals surface area contributed by atoms with Gasteiger partial charge in [0.25, 0.3) is 11.8 Å². The summed E-state index contributed by atoms with van der Waals surface area (Å²) >= 11 is 5.53. The summed E-state index contributed by atoms with van der Waals surface area (Å²) in [4.78, 5) is 26.4. The van der Waals surface area contributed by atoms with Crippen molar-refractivity contribution in [3.8, 4) is 5.75 Å². The van der Waals surface area contributed by atoms with Gasteiger partial charge in [0.2, 0.25) is 0 Å². The number of nitrogens with zero attached hydrogens (tertiary/aromatic N) is 1. The first-order chi connectivity index (χ1) is 14.1. The summed E-state index contributed by atoms with van der Waals surface area (Å²) in [6.07, 6.45) is -5.29. The van der Waals surface area contributed by atoms with Gasteiger partial charge in [-0.25, -0.2) is 9.37 Å². The van der Waals surface area contributed by atoms with Crippen LogP contribution in [-0.4, -0.2) is 47.7 Å². The normalized spacial score (nSPS) is 12.3. The summed E-state index contributed by atoms with van der Waals surface area (Å²) in [5.74, 6) is -3.65. The van der Waals surface area contributed by atoms with Crippen LogP contribution in [0.25, 0.3) is 0 Å². The van der Waals surface area contributed by atoms with Crippen LogP contribution in [0.5, 0.6) is 5.75 Å². The molecule has 0 saturated carbocycles. The molecule has 1 heterocycles. The number of ether oxygens (including phenoxy) is 1. The quantitative estimate of drug-likeness (QED) is 0.501. The average Bonchev–Trinajstić information content (AvgIpc) is 3.18. The lowest BCUT2D eigenvalue weighted by atomic mass is 10.2. The molecule has 3 N–H and O–H groups in total. The molecule has 0 saturated heterocycles. The zero-order valence-corrected chi connectivity index (χ0v) is 15.9. The second-order valence-corrected chi connectivity index (χ2v) is 6.31. The molecule has 0 radical (unpaired) electrons. The van der Waals surface area contributed by atoms with Gasteiger partial charge in [0.1, 0.15) is 17.8 Å². The van der Waals surface area contributed by atoms with E-state index in [1.165, 1.54) is 12.1 Å². The molecule has 1 aromatic heterocycles. The molecule has 30 heavy (non-hydrogen) atoms. The number of aliphatic hydroxyl groups excluding tert-OH is 1. The summed E-state index contributed by atoms with van der Waals surface area (Å²) in [6, 6.07) is 3.66. The predicted molar refractivity (Wildman–Crippen MR) is 94.4 cm³/mol. The number of carbonyl (C=O) groups is 2. The van der Waals surface area contributed by atoms with Gasteiger partial charge in [0.15, 0.2) is 12.3 Å². The maximum atomic E-state index is 13.3. The first-order valence-electron chi connectivity index (χ1n) is 8.40. The number of nitrogens with one attached hydrogen (secondary N) is 2. The summed E-state index contributed by atoms with van der Waals surface area (Å²) in [6.45, 7) is -0.696. The molecule has 2 aromatic rings. The highest BCUT2D eigenvalue weighted by molar-refractivity contribution is 6.30. The van der Waals surface area contributed by atoms with Crippen molar-refractivity contribution in [3.63, 3.8) is 0 Å². The van der Waals surface area contributed by atoms with Crippen molar-refractivity contribution >= 4 is 23.4 Å². The van der Waals surface area contributed by atoms with Crippen LogP contribution in [0.3, 0.4) is 0 Å². The van der Waals surface area contributed by atoms with Crippen molar-refractivity contribution in [2.24, 2.45) is 0 Å². The minimum Gasteiger partial charge on any atom is -0.484 e. The second-order valence-electron chi connectivity index (χ2n) is 5.90. The Bertz CT molecular complexity index is 891. The van der Waals surface area contributed by atoms with E-state index in [-0.39, 0.29) is 30.3 Å². The molecule has 1 atom stereocenters. The second kappa shape index (κ2) is 10.3. The smallest absolute Gasteiger partial charge is 0.468 e. The maximum Gasteiger partial charge on any atom is 0.468 e. The van der Waals surface area contributed by atoms with Crippen LogP contribution in [-0.2, 0) is 11.0 Å². The van der Waals surface area contributed by atoms with Crippen molar-refractivity contribution < 1.29 is 41.4 Å². The van der Waals surface area contributed by atoms with Crippen LogP contribution in [0.4, 0.5) is 17.6 Å². The van der Waals surface area contributed by atoms with Gasteiger partial charge in [-0.15, -0.1) is 0 Å². The van der Waals surface area contributed by atoms with Gasteiger partial charge in [-0.05, 0) is 18.6 Å². The molecular formula is C17H16ClF4N3O5. The molecule has 164 valence electrons. The Hall–Kier alpha value is -2.86. The van der Waals surface area contributed by atoms with Crippen LogP contribution in [0.1, 0.15) is 22.8 Å². The molecule has 8 nitrogen and oxygen atoms in total. The molecule has 13 heteroatoms. The average molecular weight is 454 g/mol. The van der Waals surface area contributed by atoms with E-state index >= 15 is 0 Å². The molecule has 0 spiro atoms. The van der Waals surface area contributed by atoms with E-state index in [1.807, 2.05) is 0 Å². The highest BCUT2D eigenvalue weighted by Crippen LogP contribution is 2.28. The number of hydrogen-bond acceptors (Lipinski definition) is 6. The molecule has 0 unspecified atom stereocenters. The third-order valence-corrected chi connectivity index (χ3v) is 3.84. The van der Waals surface area contributed by atoms with Crippen molar-refractivity contribution in [3.05, 3.63) is 46.9 Å². The van der Waals surface area contributed by atoms with Crippen LogP contribution >= 0.6 is 11.6 Å². The van der Waals surface area contributed by atoms with Crippen LogP contribution in [0.2, 0.25) is 5.02 Å². The van der Waals surface area contributed by atoms with E-state index in [4.69, 9.17) is 16.3 Å². The van der Waals surface area contributed by atoms with Crippen molar-refractivity contribution in [2.75, 3.05) is 19.7 Å². The number of aromatic nitrogens is 1. The van der Waals surface area contributed by atoms with Crippen molar-refractivity contribution in [1.82, 2.24) is 15.6 Å². The number of aliphatic hydroxyl groups is 1. The zero-order valence-electron chi connectivity index (χ0n) is 15.1. The van der Waals surface area contributed by atoms with E-state index < -0.39 is 48.1 Å². The Balaban J connectivity index is 1.65. The van der Waals surface area contributed by atoms with E-state index in [9.17, 15) is 32.3 Å². The first kappa shape index (κ1) is 23.4. The molecule has 1 aromatic carbocycles. The summed E-state index contributed by atoms with van der Waals surface area (Å²) in [5, 5.41) is 14.3. The third kappa shape index (κ3) is 7.19. The minimum absolute atomic E-state index is 0.000742. The lowest BCUT2D eigenvalue weighted by molar-refractivity contribution is -0.157. The SMILES string of the molecule is O=C(COc1ccc(Cl)c(F)c1)NC[C@@H](O)CCNC(=O)c1coc(C(F)(F)F)n1. The molecule has 2 rings (SSSR count). The highest BCUT2D eigenvalue weighted by atomic mass is 35.5. The molecule has 0 bridgehead atoms. The van der Waals surface area contributed by atoms with E-state index in [0.29, 0.717) is 6.26 Å². The fourth-order valence-electron chi connectivity index (χ4n) is 2.05. The van der Waals surface area contributed by atoms with Gasteiger partial charge in [0.05, 0.1) is 11.1 Å². The van der Waals surface area contributed by atoms with Gasteiger partial charge in [-0.3, -0.25) is 9.59 Å². The Morgan fingerprint density at radius 3 is 2.67 bits per heavy atom. The number of rotatable bonds is 9. The summed E-state index contributed by atoms with van der Waals surface area (Å²) in [7, 11) is 0. The Morgan fingerprint density at radius 1 is 1.30 bits per heavy atom. The lowest BCUT2D eigenvalue weighted by Crippen LogP contribution is -2.37. The van der Waals surface area contributed by atoms with E-state index in [2.05, 4.69) is 20.0 Å². The molecule has 0 aliphatic rings. The molecule has 0 aliphatic carbocycles. The number of benzene rings is 1. The third-order valence-electron chi connectivity index (χ3n) is 3.54. The van der Waals surface area contributed by atoms with Gasteiger partial charge in [-0.1, -0.05) is 11.6 Å². The Labute approximate surface area is 172 Å². The number of oxazole rings is 1. The standard InChI is InChI=1S/C17H16ClF4N3O5/c18-11-2-1-10(5-12(11)19)29-8-14(27)24-6-9(26)3-4-23-15(28)13-7-30-16(25-13)17(20,21)22/h1-2,5,7,9,26H,3-4,6,8H2,(H,23,28)(H,24,27)/t9-/m0/s1. The van der Waals surface area contributed by atoms with E-state index in [1.54, 1.807) is 0 Å². The van der Waals surface area contributed by atoms with Gasteiger partial charge >= 0.3 is 12.1 Å². The van der Waals surface area contributed by atoms with Crippen LogP contribution in [0.15, 0.2) is 28.9 Å². The Morgan fingerprint density at radius 2 is 2.03 bits per heavy atom. The van der Waals surface area contributed by atoms with E-state index in [0.717, 1.165) is 6.07 Å². The number of carbonyl (C=O) groups excluding carboxylic acids is 2. The molecular weight excluding hydrogens is 438 g/mol.